The molecule has 2 rings (SSSR count). The molecule has 7 heteroatoms. The Morgan fingerprint density at radius 1 is 1.50 bits per heavy atom. The summed E-state index contributed by atoms with van der Waals surface area (Å²) in [6.07, 6.45) is 4.49. The van der Waals surface area contributed by atoms with Gasteiger partial charge in [0.25, 0.3) is 0 Å². The second-order valence-corrected chi connectivity index (χ2v) is 6.17. The Bertz CT molecular complexity index is 477. The average molecular weight is 273 g/mol. The van der Waals surface area contributed by atoms with Crippen molar-refractivity contribution in [2.45, 2.75) is 36.8 Å². The summed E-state index contributed by atoms with van der Waals surface area (Å²) < 4.78 is 32.0. The monoisotopic (exact) mass is 273 g/mol. The molecule has 0 amide bonds. The molecule has 1 atom stereocenters. The molecule has 0 radical (unpaired) electrons. The molecular formula is C11H19N3O3S. The van der Waals surface area contributed by atoms with Crippen LogP contribution >= 0.6 is 0 Å². The molecule has 1 unspecified atom stereocenters. The predicted molar refractivity (Wildman–Crippen MR) is 67.5 cm³/mol. The zero-order valence-electron chi connectivity index (χ0n) is 10.2. The standard InChI is InChI=1S/C11H19N3O3S/c12-6-9-5-11(8-13-9)18(15,16)14-7-10-3-1-2-4-17-10/h5,8,10,13-14H,1-4,6-7,12H2. The predicted octanol–water partition coefficient (Wildman–Crippen LogP) is 0.321. The van der Waals surface area contributed by atoms with Gasteiger partial charge >= 0.3 is 0 Å². The number of aromatic amines is 1. The minimum atomic E-state index is -3.47. The Balaban J connectivity index is 1.94. The van der Waals surface area contributed by atoms with E-state index in [1.807, 2.05) is 0 Å². The molecule has 1 aliphatic rings. The number of nitrogens with one attached hydrogen (secondary N) is 2. The van der Waals surface area contributed by atoms with Gasteiger partial charge in [0, 0.05) is 31.6 Å². The quantitative estimate of drug-likeness (QED) is 0.719. The fourth-order valence-electron chi connectivity index (χ4n) is 1.95. The zero-order valence-corrected chi connectivity index (χ0v) is 11.0. The summed E-state index contributed by atoms with van der Waals surface area (Å²) in [5.41, 5.74) is 6.13. The number of H-pyrrole nitrogens is 1. The Morgan fingerprint density at radius 3 is 2.94 bits per heavy atom. The van der Waals surface area contributed by atoms with Crippen molar-refractivity contribution in [3.05, 3.63) is 18.0 Å². The molecule has 0 aromatic carbocycles. The van der Waals surface area contributed by atoms with Gasteiger partial charge in [0.2, 0.25) is 10.0 Å². The van der Waals surface area contributed by atoms with Crippen LogP contribution in [0.2, 0.25) is 0 Å². The molecule has 0 spiro atoms. The normalized spacial score (nSPS) is 21.1. The number of sulfonamides is 1. The van der Waals surface area contributed by atoms with Gasteiger partial charge in [-0.1, -0.05) is 0 Å². The van der Waals surface area contributed by atoms with Crippen LogP contribution in [0.4, 0.5) is 0 Å². The van der Waals surface area contributed by atoms with Crippen LogP contribution < -0.4 is 10.5 Å². The van der Waals surface area contributed by atoms with Crippen molar-refractivity contribution in [2.24, 2.45) is 5.73 Å². The number of nitrogens with two attached hydrogens (primary N) is 1. The minimum absolute atomic E-state index is 0.0126. The van der Waals surface area contributed by atoms with Crippen molar-refractivity contribution in [1.29, 1.82) is 0 Å². The van der Waals surface area contributed by atoms with Crippen molar-refractivity contribution in [2.75, 3.05) is 13.2 Å². The van der Waals surface area contributed by atoms with Crippen LogP contribution in [0.25, 0.3) is 0 Å². The summed E-state index contributed by atoms with van der Waals surface area (Å²) >= 11 is 0. The second kappa shape index (κ2) is 5.83. The van der Waals surface area contributed by atoms with Gasteiger partial charge in [0.05, 0.1) is 11.0 Å². The highest BCUT2D eigenvalue weighted by molar-refractivity contribution is 7.89. The largest absolute Gasteiger partial charge is 0.377 e. The van der Waals surface area contributed by atoms with Crippen molar-refractivity contribution >= 4 is 10.0 Å². The number of rotatable bonds is 5. The topological polar surface area (TPSA) is 97.2 Å². The van der Waals surface area contributed by atoms with Crippen LogP contribution in [-0.4, -0.2) is 32.7 Å². The number of hydrogen-bond acceptors (Lipinski definition) is 4. The third-order valence-electron chi connectivity index (χ3n) is 3.02. The summed E-state index contributed by atoms with van der Waals surface area (Å²) in [4.78, 5) is 3.05. The van der Waals surface area contributed by atoms with Gasteiger partial charge in [-0.25, -0.2) is 13.1 Å². The van der Waals surface area contributed by atoms with Gasteiger partial charge in [0.1, 0.15) is 0 Å². The Kier molecular flexibility index (Phi) is 4.39. The van der Waals surface area contributed by atoms with Crippen molar-refractivity contribution in [1.82, 2.24) is 9.71 Å². The summed E-state index contributed by atoms with van der Waals surface area (Å²) in [5.74, 6) is 0. The summed E-state index contributed by atoms with van der Waals surface area (Å²) in [6.45, 7) is 1.33. The lowest BCUT2D eigenvalue weighted by Gasteiger charge is -2.22. The van der Waals surface area contributed by atoms with Gasteiger partial charge < -0.3 is 15.5 Å². The van der Waals surface area contributed by atoms with Gasteiger partial charge in [-0.3, -0.25) is 0 Å². The van der Waals surface area contributed by atoms with Crippen LogP contribution in [0.5, 0.6) is 0 Å². The molecule has 0 saturated carbocycles. The van der Waals surface area contributed by atoms with Crippen LogP contribution in [0, 0.1) is 0 Å². The molecule has 102 valence electrons. The second-order valence-electron chi connectivity index (χ2n) is 4.41. The molecule has 1 saturated heterocycles. The molecule has 18 heavy (non-hydrogen) atoms. The van der Waals surface area contributed by atoms with Crippen molar-refractivity contribution in [3.63, 3.8) is 0 Å². The molecule has 6 nitrogen and oxygen atoms in total. The average Bonchev–Trinajstić information content (AvgIpc) is 2.87. The van der Waals surface area contributed by atoms with Crippen LogP contribution in [0.15, 0.2) is 17.2 Å². The zero-order chi connectivity index (χ0) is 13.0. The van der Waals surface area contributed by atoms with Crippen LogP contribution in [0.1, 0.15) is 25.0 Å². The van der Waals surface area contributed by atoms with E-state index in [0.717, 1.165) is 19.3 Å². The van der Waals surface area contributed by atoms with Gasteiger partial charge in [-0.05, 0) is 25.3 Å². The smallest absolute Gasteiger partial charge is 0.242 e. The molecule has 1 fully saturated rings. The maximum atomic E-state index is 12.0. The lowest BCUT2D eigenvalue weighted by Crippen LogP contribution is -2.35. The van der Waals surface area contributed by atoms with E-state index in [-0.39, 0.29) is 11.0 Å². The fraction of sp³-hybridized carbons (Fsp3) is 0.636. The first-order valence-electron chi connectivity index (χ1n) is 6.10. The number of aromatic nitrogens is 1. The summed E-state index contributed by atoms with van der Waals surface area (Å²) in [7, 11) is -3.47. The van der Waals surface area contributed by atoms with E-state index < -0.39 is 10.0 Å². The molecule has 2 heterocycles. The third kappa shape index (κ3) is 3.32. The molecular weight excluding hydrogens is 254 g/mol. The lowest BCUT2D eigenvalue weighted by molar-refractivity contribution is 0.0200. The van der Waals surface area contributed by atoms with E-state index in [1.54, 1.807) is 6.07 Å². The molecule has 0 aliphatic carbocycles. The van der Waals surface area contributed by atoms with Gasteiger partial charge in [-0.15, -0.1) is 0 Å². The molecule has 1 aromatic rings. The van der Waals surface area contributed by atoms with E-state index >= 15 is 0 Å². The number of hydrogen-bond donors (Lipinski definition) is 3. The first kappa shape index (κ1) is 13.5. The minimum Gasteiger partial charge on any atom is -0.377 e. The highest BCUT2D eigenvalue weighted by Crippen LogP contribution is 2.14. The third-order valence-corrected chi connectivity index (χ3v) is 4.42. The SMILES string of the molecule is NCc1cc(S(=O)(=O)NCC2CCCCO2)c[nH]1. The Morgan fingerprint density at radius 2 is 2.33 bits per heavy atom. The first-order chi connectivity index (χ1) is 8.62. The van der Waals surface area contributed by atoms with E-state index in [0.29, 0.717) is 25.4 Å². The maximum absolute atomic E-state index is 12.0. The van der Waals surface area contributed by atoms with Gasteiger partial charge in [0.15, 0.2) is 0 Å². The van der Waals surface area contributed by atoms with E-state index in [4.69, 9.17) is 10.5 Å². The van der Waals surface area contributed by atoms with Crippen LogP contribution in [0.3, 0.4) is 0 Å². The molecule has 1 aliphatic heterocycles. The molecule has 4 N–H and O–H groups in total. The van der Waals surface area contributed by atoms with E-state index in [2.05, 4.69) is 9.71 Å². The van der Waals surface area contributed by atoms with Crippen molar-refractivity contribution in [3.8, 4) is 0 Å². The Labute approximate surface area is 107 Å². The van der Waals surface area contributed by atoms with Crippen LogP contribution in [-0.2, 0) is 21.3 Å². The van der Waals surface area contributed by atoms with Crippen molar-refractivity contribution < 1.29 is 13.2 Å². The first-order valence-corrected chi connectivity index (χ1v) is 7.59. The van der Waals surface area contributed by atoms with E-state index in [1.165, 1.54) is 6.20 Å². The maximum Gasteiger partial charge on any atom is 0.242 e. The lowest BCUT2D eigenvalue weighted by atomic mass is 10.1. The summed E-state index contributed by atoms with van der Waals surface area (Å²) in [5, 5.41) is 0. The Hall–Kier alpha value is -0.890. The number of ether oxygens (including phenoxy) is 1. The van der Waals surface area contributed by atoms with E-state index in [9.17, 15) is 8.42 Å². The highest BCUT2D eigenvalue weighted by Gasteiger charge is 2.20. The highest BCUT2D eigenvalue weighted by atomic mass is 32.2. The summed E-state index contributed by atoms with van der Waals surface area (Å²) in [6, 6.07) is 1.55. The molecule has 0 bridgehead atoms. The molecule has 1 aromatic heterocycles. The van der Waals surface area contributed by atoms with Gasteiger partial charge in [-0.2, -0.15) is 0 Å². The fourth-order valence-corrected chi connectivity index (χ4v) is 3.03.